The van der Waals surface area contributed by atoms with Gasteiger partial charge in [-0.15, -0.1) is 0 Å². The first-order valence-corrected chi connectivity index (χ1v) is 11.1. The van der Waals surface area contributed by atoms with Crippen LogP contribution in [0.1, 0.15) is 31.2 Å². The van der Waals surface area contributed by atoms with Crippen LogP contribution in [0.3, 0.4) is 0 Å². The molecule has 1 aromatic carbocycles. The summed E-state index contributed by atoms with van der Waals surface area (Å²) in [5.74, 6) is 0.602. The molecular formula is C19H27N3O4S. The molecule has 4 rings (SSSR count). The zero-order valence-corrected chi connectivity index (χ0v) is 16.7. The molecule has 27 heavy (non-hydrogen) atoms. The Morgan fingerprint density at radius 2 is 1.96 bits per heavy atom. The smallest absolute Gasteiger partial charge is 0.244 e. The minimum absolute atomic E-state index is 0.0999. The van der Waals surface area contributed by atoms with Gasteiger partial charge >= 0.3 is 0 Å². The lowest BCUT2D eigenvalue weighted by Crippen LogP contribution is -2.52. The van der Waals surface area contributed by atoms with Crippen LogP contribution in [-0.2, 0) is 21.2 Å². The fraction of sp³-hybridized carbons (Fsp3) is 0.632. The third kappa shape index (κ3) is 3.58. The van der Waals surface area contributed by atoms with Gasteiger partial charge in [0.1, 0.15) is 10.6 Å². The summed E-state index contributed by atoms with van der Waals surface area (Å²) in [7, 11) is -0.0882. The highest BCUT2D eigenvalue weighted by atomic mass is 32.2. The molecule has 3 aliphatic rings. The van der Waals surface area contributed by atoms with Crippen molar-refractivity contribution in [1.82, 2.24) is 14.5 Å². The number of carbonyl (C=O) groups excluding carboxylic acids is 1. The number of nitrogens with one attached hydrogen (secondary N) is 1. The molecule has 2 bridgehead atoms. The number of hydrogen-bond acceptors (Lipinski definition) is 5. The minimum atomic E-state index is -3.63. The quantitative estimate of drug-likeness (QED) is 0.807. The summed E-state index contributed by atoms with van der Waals surface area (Å²) < 4.78 is 34.4. The van der Waals surface area contributed by atoms with Crippen molar-refractivity contribution < 1.29 is 17.9 Å². The number of carbonyl (C=O) groups is 1. The second-order valence-corrected chi connectivity index (χ2v) is 9.66. The van der Waals surface area contributed by atoms with Gasteiger partial charge in [0.2, 0.25) is 15.9 Å². The maximum absolute atomic E-state index is 13.0. The van der Waals surface area contributed by atoms with Crippen LogP contribution in [0.2, 0.25) is 0 Å². The van der Waals surface area contributed by atoms with Gasteiger partial charge in [-0.05, 0) is 37.3 Å². The summed E-state index contributed by atoms with van der Waals surface area (Å²) >= 11 is 0. The molecule has 0 spiro atoms. The summed E-state index contributed by atoms with van der Waals surface area (Å²) in [6.07, 6.45) is 4.28. The van der Waals surface area contributed by atoms with Gasteiger partial charge in [0, 0.05) is 38.6 Å². The van der Waals surface area contributed by atoms with Gasteiger partial charge in [0.25, 0.3) is 0 Å². The Balaban J connectivity index is 1.46. The van der Waals surface area contributed by atoms with Gasteiger partial charge < -0.3 is 9.64 Å². The Morgan fingerprint density at radius 1 is 1.26 bits per heavy atom. The van der Waals surface area contributed by atoms with Crippen molar-refractivity contribution in [2.75, 3.05) is 27.2 Å². The maximum Gasteiger partial charge on any atom is 0.244 e. The zero-order valence-electron chi connectivity index (χ0n) is 15.8. The molecule has 8 heteroatoms. The first kappa shape index (κ1) is 18.7. The molecule has 3 aliphatic heterocycles. The number of likely N-dealkylation sites (N-methyl/N-ethyl adjacent to an activating group) is 1. The molecule has 1 N–H and O–H groups in total. The molecule has 7 nitrogen and oxygen atoms in total. The number of para-hydroxylation sites is 1. The number of nitrogens with zero attached hydrogens (tertiary/aromatic N) is 2. The average Bonchev–Trinajstić information content (AvgIpc) is 3.17. The van der Waals surface area contributed by atoms with E-state index in [1.165, 1.54) is 0 Å². The summed E-state index contributed by atoms with van der Waals surface area (Å²) in [4.78, 5) is 16.2. The number of amides is 1. The van der Waals surface area contributed by atoms with E-state index >= 15 is 0 Å². The monoisotopic (exact) mass is 393 g/mol. The van der Waals surface area contributed by atoms with Crippen molar-refractivity contribution in [2.45, 2.75) is 55.1 Å². The van der Waals surface area contributed by atoms with Crippen LogP contribution < -0.4 is 9.46 Å². The van der Waals surface area contributed by atoms with E-state index in [1.807, 2.05) is 6.07 Å². The molecule has 2 unspecified atom stereocenters. The van der Waals surface area contributed by atoms with E-state index in [9.17, 15) is 13.2 Å². The fourth-order valence-corrected chi connectivity index (χ4v) is 6.06. The van der Waals surface area contributed by atoms with E-state index in [1.54, 1.807) is 31.1 Å². The zero-order chi connectivity index (χ0) is 19.2. The summed E-state index contributed by atoms with van der Waals surface area (Å²) in [6.45, 7) is 0.951. The van der Waals surface area contributed by atoms with Crippen molar-refractivity contribution in [3.63, 3.8) is 0 Å². The first-order valence-electron chi connectivity index (χ1n) is 9.58. The largest absolute Gasteiger partial charge is 0.492 e. The third-order valence-corrected chi connectivity index (χ3v) is 7.53. The van der Waals surface area contributed by atoms with Gasteiger partial charge in [0.05, 0.1) is 13.2 Å². The van der Waals surface area contributed by atoms with Crippen LogP contribution in [0.15, 0.2) is 23.1 Å². The van der Waals surface area contributed by atoms with Crippen molar-refractivity contribution >= 4 is 15.9 Å². The van der Waals surface area contributed by atoms with Crippen LogP contribution in [-0.4, -0.2) is 69.5 Å². The lowest BCUT2D eigenvalue weighted by Gasteiger charge is -2.39. The molecule has 0 aromatic heterocycles. The molecule has 148 valence electrons. The van der Waals surface area contributed by atoms with E-state index < -0.39 is 10.0 Å². The minimum Gasteiger partial charge on any atom is -0.492 e. The highest BCUT2D eigenvalue weighted by Gasteiger charge is 2.43. The fourth-order valence-electron chi connectivity index (χ4n) is 4.61. The van der Waals surface area contributed by atoms with Gasteiger partial charge in [-0.3, -0.25) is 9.69 Å². The molecular weight excluding hydrogens is 366 g/mol. The number of piperidine rings is 1. The van der Waals surface area contributed by atoms with Crippen molar-refractivity contribution in [3.8, 4) is 5.75 Å². The Bertz CT molecular complexity index is 825. The number of benzene rings is 1. The van der Waals surface area contributed by atoms with Gasteiger partial charge in [-0.1, -0.05) is 12.1 Å². The molecule has 0 saturated carbocycles. The van der Waals surface area contributed by atoms with Crippen LogP contribution in [0.4, 0.5) is 0 Å². The Morgan fingerprint density at radius 3 is 2.63 bits per heavy atom. The predicted molar refractivity (Wildman–Crippen MR) is 101 cm³/mol. The molecule has 3 heterocycles. The summed E-state index contributed by atoms with van der Waals surface area (Å²) in [6, 6.07) is 5.74. The third-order valence-electron chi connectivity index (χ3n) is 5.99. The SMILES string of the molecule is CN(C)C(=O)CN1C2CCC1CC(NS(=O)(=O)c1cccc3c1OCC3)C2. The van der Waals surface area contributed by atoms with Crippen molar-refractivity contribution in [2.24, 2.45) is 0 Å². The lowest BCUT2D eigenvalue weighted by atomic mass is 9.98. The highest BCUT2D eigenvalue weighted by molar-refractivity contribution is 7.89. The lowest BCUT2D eigenvalue weighted by molar-refractivity contribution is -0.131. The van der Waals surface area contributed by atoms with E-state index in [0.29, 0.717) is 18.9 Å². The van der Waals surface area contributed by atoms with Crippen LogP contribution in [0.5, 0.6) is 5.75 Å². The molecule has 1 amide bonds. The van der Waals surface area contributed by atoms with Crippen molar-refractivity contribution in [1.29, 1.82) is 0 Å². The number of ether oxygens (including phenoxy) is 1. The predicted octanol–water partition coefficient (Wildman–Crippen LogP) is 0.983. The Hall–Kier alpha value is -1.64. The molecule has 1 aromatic rings. The van der Waals surface area contributed by atoms with Gasteiger partial charge in [-0.25, -0.2) is 13.1 Å². The van der Waals surface area contributed by atoms with Crippen LogP contribution in [0.25, 0.3) is 0 Å². The topological polar surface area (TPSA) is 79.0 Å². The normalized spacial score (nSPS) is 27.3. The van der Waals surface area contributed by atoms with E-state index in [4.69, 9.17) is 4.74 Å². The number of sulfonamides is 1. The average molecular weight is 394 g/mol. The van der Waals surface area contributed by atoms with Gasteiger partial charge in [0.15, 0.2) is 0 Å². The van der Waals surface area contributed by atoms with Crippen LogP contribution >= 0.6 is 0 Å². The molecule has 2 atom stereocenters. The Kier molecular flexibility index (Phi) is 4.90. The standard InChI is InChI=1S/C19H27N3O4S/c1-21(2)18(23)12-22-15-6-7-16(22)11-14(10-15)20-27(24,25)17-5-3-4-13-8-9-26-19(13)17/h3-5,14-16,20H,6-12H2,1-2H3. The summed E-state index contributed by atoms with van der Waals surface area (Å²) in [5.41, 5.74) is 0.954. The number of rotatable bonds is 5. The van der Waals surface area contributed by atoms with Gasteiger partial charge in [-0.2, -0.15) is 0 Å². The van der Waals surface area contributed by atoms with E-state index in [0.717, 1.165) is 37.7 Å². The molecule has 0 aliphatic carbocycles. The number of fused-ring (bicyclic) bond motifs is 3. The van der Waals surface area contributed by atoms with Crippen LogP contribution in [0, 0.1) is 0 Å². The second kappa shape index (κ2) is 7.07. The van der Waals surface area contributed by atoms with E-state index in [2.05, 4.69) is 9.62 Å². The molecule has 2 saturated heterocycles. The molecule has 0 radical (unpaired) electrons. The highest BCUT2D eigenvalue weighted by Crippen LogP contribution is 2.37. The number of hydrogen-bond donors (Lipinski definition) is 1. The van der Waals surface area contributed by atoms with E-state index in [-0.39, 0.29) is 28.9 Å². The second-order valence-electron chi connectivity index (χ2n) is 7.98. The Labute approximate surface area is 160 Å². The first-order chi connectivity index (χ1) is 12.8. The summed E-state index contributed by atoms with van der Waals surface area (Å²) in [5, 5.41) is 0. The molecule has 2 fully saturated rings. The maximum atomic E-state index is 13.0. The van der Waals surface area contributed by atoms with Crippen molar-refractivity contribution in [3.05, 3.63) is 23.8 Å².